The molecular formula is C13H14N4O4. The molecule has 110 valence electrons. The monoisotopic (exact) mass is 290 g/mol. The number of hydrogen-bond acceptors (Lipinski definition) is 7. The minimum atomic E-state index is -1.65. The van der Waals surface area contributed by atoms with Crippen molar-refractivity contribution in [2.75, 3.05) is 12.3 Å². The van der Waals surface area contributed by atoms with E-state index in [1.807, 2.05) is 0 Å². The van der Waals surface area contributed by atoms with Crippen molar-refractivity contribution in [3.63, 3.8) is 0 Å². The first-order valence-electron chi connectivity index (χ1n) is 6.25. The second-order valence-corrected chi connectivity index (χ2v) is 4.87. The van der Waals surface area contributed by atoms with Gasteiger partial charge in [0.2, 0.25) is 0 Å². The number of nitrogens with two attached hydrogens (primary N) is 1. The van der Waals surface area contributed by atoms with Gasteiger partial charge in [0.05, 0.1) is 12.3 Å². The molecule has 1 fully saturated rings. The van der Waals surface area contributed by atoms with Crippen molar-refractivity contribution in [3.8, 4) is 12.3 Å². The van der Waals surface area contributed by atoms with Gasteiger partial charge in [-0.05, 0) is 12.1 Å². The van der Waals surface area contributed by atoms with Crippen LogP contribution in [0.5, 0.6) is 0 Å². The summed E-state index contributed by atoms with van der Waals surface area (Å²) in [6, 6.07) is 3.31. The van der Waals surface area contributed by atoms with Crippen molar-refractivity contribution in [3.05, 3.63) is 24.2 Å². The fourth-order valence-corrected chi connectivity index (χ4v) is 2.53. The lowest BCUT2D eigenvalue weighted by molar-refractivity contribution is -0.0732. The van der Waals surface area contributed by atoms with Gasteiger partial charge in [0.25, 0.3) is 0 Å². The molecule has 0 amide bonds. The molecule has 0 aliphatic carbocycles. The SMILES string of the molecule is C#C[C@]1(CO)O[C@@H](c2ccc3c(N)ncnn23)C(O)C1O. The lowest BCUT2D eigenvalue weighted by atomic mass is 9.96. The van der Waals surface area contributed by atoms with E-state index < -0.39 is 30.5 Å². The molecule has 0 spiro atoms. The van der Waals surface area contributed by atoms with Gasteiger partial charge in [0.15, 0.2) is 11.4 Å². The lowest BCUT2D eigenvalue weighted by Gasteiger charge is -2.23. The van der Waals surface area contributed by atoms with Gasteiger partial charge in [-0.1, -0.05) is 5.92 Å². The molecule has 8 heteroatoms. The highest BCUT2D eigenvalue weighted by molar-refractivity contribution is 5.65. The van der Waals surface area contributed by atoms with E-state index in [-0.39, 0.29) is 5.82 Å². The highest BCUT2D eigenvalue weighted by Crippen LogP contribution is 2.40. The Bertz CT molecular complexity index is 725. The molecular weight excluding hydrogens is 276 g/mol. The van der Waals surface area contributed by atoms with E-state index in [1.54, 1.807) is 12.1 Å². The maximum atomic E-state index is 10.2. The number of rotatable bonds is 2. The zero-order valence-corrected chi connectivity index (χ0v) is 10.9. The Morgan fingerprint density at radius 2 is 2.24 bits per heavy atom. The van der Waals surface area contributed by atoms with Crippen LogP contribution in [-0.4, -0.2) is 54.3 Å². The van der Waals surface area contributed by atoms with Gasteiger partial charge in [-0.15, -0.1) is 6.42 Å². The predicted octanol–water partition coefficient (Wildman–Crippen LogP) is -1.53. The lowest BCUT2D eigenvalue weighted by Crippen LogP contribution is -2.44. The van der Waals surface area contributed by atoms with Crippen LogP contribution in [0.15, 0.2) is 18.5 Å². The number of anilines is 1. The Kier molecular flexibility index (Phi) is 3.07. The molecule has 4 atom stereocenters. The van der Waals surface area contributed by atoms with Gasteiger partial charge in [0, 0.05) is 0 Å². The molecule has 3 rings (SSSR count). The highest BCUT2D eigenvalue weighted by atomic mass is 16.6. The summed E-state index contributed by atoms with van der Waals surface area (Å²) in [6.45, 7) is -0.612. The average Bonchev–Trinajstić information content (AvgIpc) is 3.02. The number of nitrogens with zero attached hydrogens (tertiary/aromatic N) is 3. The van der Waals surface area contributed by atoms with Gasteiger partial charge < -0.3 is 25.8 Å². The highest BCUT2D eigenvalue weighted by Gasteiger charge is 2.54. The normalized spacial score (nSPS) is 32.4. The summed E-state index contributed by atoms with van der Waals surface area (Å²) < 4.78 is 7.01. The standard InChI is InChI=1S/C13H14N4O4/c1-2-13(5-18)11(20)9(19)10(21-13)7-3-4-8-12(14)15-6-16-17(7)8/h1,3-4,6,9-11,18-20H,5H2,(H2,14,15,16)/t9?,10-,11?,13+/m0/s1. The third-order valence-electron chi connectivity index (χ3n) is 3.73. The van der Waals surface area contributed by atoms with Crippen molar-refractivity contribution in [2.24, 2.45) is 0 Å². The maximum Gasteiger partial charge on any atom is 0.180 e. The van der Waals surface area contributed by atoms with Crippen LogP contribution in [0.2, 0.25) is 0 Å². The van der Waals surface area contributed by atoms with Gasteiger partial charge in [-0.3, -0.25) is 0 Å². The van der Waals surface area contributed by atoms with Gasteiger partial charge in [-0.2, -0.15) is 5.10 Å². The molecule has 21 heavy (non-hydrogen) atoms. The molecule has 0 radical (unpaired) electrons. The Labute approximate surface area is 119 Å². The topological polar surface area (TPSA) is 126 Å². The number of fused-ring (bicyclic) bond motifs is 1. The summed E-state index contributed by atoms with van der Waals surface area (Å²) in [7, 11) is 0. The second-order valence-electron chi connectivity index (χ2n) is 4.87. The summed E-state index contributed by atoms with van der Waals surface area (Å²) in [4.78, 5) is 3.86. The first-order chi connectivity index (χ1) is 10.0. The van der Waals surface area contributed by atoms with Crippen molar-refractivity contribution in [2.45, 2.75) is 23.9 Å². The van der Waals surface area contributed by atoms with Crippen LogP contribution in [0.3, 0.4) is 0 Å². The first kappa shape index (κ1) is 13.8. The Hall–Kier alpha value is -2.18. The van der Waals surface area contributed by atoms with Gasteiger partial charge in [-0.25, -0.2) is 9.50 Å². The number of aliphatic hydroxyl groups excluding tert-OH is 3. The number of terminal acetylenes is 1. The smallest absolute Gasteiger partial charge is 0.180 e. The number of nitrogen functional groups attached to an aromatic ring is 1. The maximum absolute atomic E-state index is 10.2. The van der Waals surface area contributed by atoms with E-state index in [0.29, 0.717) is 11.2 Å². The molecule has 1 aliphatic heterocycles. The molecule has 5 N–H and O–H groups in total. The quantitative estimate of drug-likeness (QED) is 0.494. The summed E-state index contributed by atoms with van der Waals surface area (Å²) in [5, 5.41) is 33.7. The Morgan fingerprint density at radius 1 is 1.48 bits per heavy atom. The van der Waals surface area contributed by atoms with Crippen LogP contribution in [0.1, 0.15) is 11.8 Å². The minimum Gasteiger partial charge on any atom is -0.392 e. The van der Waals surface area contributed by atoms with E-state index in [2.05, 4.69) is 16.0 Å². The molecule has 2 aromatic rings. The number of hydrogen-bond donors (Lipinski definition) is 4. The summed E-state index contributed by atoms with van der Waals surface area (Å²) >= 11 is 0. The van der Waals surface area contributed by atoms with Gasteiger partial charge >= 0.3 is 0 Å². The van der Waals surface area contributed by atoms with Crippen LogP contribution in [-0.2, 0) is 4.74 Å². The van der Waals surface area contributed by atoms with E-state index in [4.69, 9.17) is 16.9 Å². The molecule has 2 unspecified atom stereocenters. The predicted molar refractivity (Wildman–Crippen MR) is 71.9 cm³/mol. The molecule has 0 saturated carbocycles. The van der Waals surface area contributed by atoms with Crippen LogP contribution in [0.25, 0.3) is 5.52 Å². The molecule has 8 nitrogen and oxygen atoms in total. The number of aliphatic hydroxyl groups is 3. The fraction of sp³-hybridized carbons (Fsp3) is 0.385. The summed E-state index contributed by atoms with van der Waals surface area (Å²) in [5.74, 6) is 2.48. The number of aromatic nitrogens is 3. The second kappa shape index (κ2) is 4.68. The van der Waals surface area contributed by atoms with E-state index in [0.717, 1.165) is 0 Å². The third kappa shape index (κ3) is 1.80. The van der Waals surface area contributed by atoms with E-state index in [1.165, 1.54) is 10.8 Å². The average molecular weight is 290 g/mol. The van der Waals surface area contributed by atoms with Crippen LogP contribution >= 0.6 is 0 Å². The van der Waals surface area contributed by atoms with Gasteiger partial charge in [0.1, 0.15) is 30.2 Å². The molecule has 1 aliphatic rings. The van der Waals surface area contributed by atoms with Crippen LogP contribution in [0, 0.1) is 12.3 Å². The minimum absolute atomic E-state index is 0.273. The molecule has 0 bridgehead atoms. The Balaban J connectivity index is 2.08. The summed E-state index contributed by atoms with van der Waals surface area (Å²) in [6.07, 6.45) is 2.93. The first-order valence-corrected chi connectivity index (χ1v) is 6.25. The van der Waals surface area contributed by atoms with E-state index >= 15 is 0 Å². The largest absolute Gasteiger partial charge is 0.392 e. The van der Waals surface area contributed by atoms with Crippen molar-refractivity contribution < 1.29 is 20.1 Å². The van der Waals surface area contributed by atoms with Crippen molar-refractivity contribution in [1.82, 2.24) is 14.6 Å². The van der Waals surface area contributed by atoms with Crippen molar-refractivity contribution in [1.29, 1.82) is 0 Å². The van der Waals surface area contributed by atoms with Crippen LogP contribution in [0.4, 0.5) is 5.82 Å². The molecule has 2 aromatic heterocycles. The number of ether oxygens (including phenoxy) is 1. The zero-order chi connectivity index (χ0) is 15.2. The fourth-order valence-electron chi connectivity index (χ4n) is 2.53. The van der Waals surface area contributed by atoms with Crippen LogP contribution < -0.4 is 5.73 Å². The molecule has 0 aromatic carbocycles. The zero-order valence-electron chi connectivity index (χ0n) is 10.9. The molecule has 3 heterocycles. The molecule has 1 saturated heterocycles. The van der Waals surface area contributed by atoms with Crippen molar-refractivity contribution >= 4 is 11.3 Å². The van der Waals surface area contributed by atoms with E-state index in [9.17, 15) is 15.3 Å². The summed E-state index contributed by atoms with van der Waals surface area (Å²) in [5.41, 5.74) is 5.09. The third-order valence-corrected chi connectivity index (χ3v) is 3.73. The Morgan fingerprint density at radius 3 is 2.86 bits per heavy atom.